The number of para-hydroxylation sites is 1. The molecule has 1 amide bonds. The second kappa shape index (κ2) is 5.24. The Bertz CT molecular complexity index is 466. The fourth-order valence-corrected chi connectivity index (χ4v) is 3.37. The van der Waals surface area contributed by atoms with E-state index < -0.39 is 0 Å². The molecule has 102 valence electrons. The number of rotatable bonds is 3. The first-order valence-corrected chi connectivity index (χ1v) is 7.38. The zero-order valence-corrected chi connectivity index (χ0v) is 11.6. The fourth-order valence-electron chi connectivity index (χ4n) is 3.37. The first-order chi connectivity index (χ1) is 9.24. The summed E-state index contributed by atoms with van der Waals surface area (Å²) in [6.45, 7) is 2.69. The predicted octanol–water partition coefficient (Wildman–Crippen LogP) is 2.50. The minimum Gasteiger partial charge on any atom is -0.359 e. The van der Waals surface area contributed by atoms with E-state index in [0.717, 1.165) is 19.3 Å². The largest absolute Gasteiger partial charge is 0.359 e. The van der Waals surface area contributed by atoms with Gasteiger partial charge in [0.1, 0.15) is 0 Å². The van der Waals surface area contributed by atoms with Crippen molar-refractivity contribution in [3.05, 3.63) is 29.8 Å². The van der Waals surface area contributed by atoms with Crippen LogP contribution in [0.2, 0.25) is 0 Å². The Morgan fingerprint density at radius 3 is 2.84 bits per heavy atom. The molecule has 3 heteroatoms. The second-order valence-electron chi connectivity index (χ2n) is 5.86. The van der Waals surface area contributed by atoms with Gasteiger partial charge in [0.25, 0.3) is 0 Å². The zero-order valence-electron chi connectivity index (χ0n) is 11.6. The third-order valence-corrected chi connectivity index (χ3v) is 4.38. The van der Waals surface area contributed by atoms with Crippen molar-refractivity contribution in [2.24, 2.45) is 0 Å². The second-order valence-corrected chi connectivity index (χ2v) is 5.86. The average molecular weight is 258 g/mol. The van der Waals surface area contributed by atoms with Crippen LogP contribution in [0.25, 0.3) is 0 Å². The maximum absolute atomic E-state index is 12.2. The molecule has 1 aliphatic heterocycles. The number of fused-ring (bicyclic) bond motifs is 1. The molecule has 1 unspecified atom stereocenters. The lowest BCUT2D eigenvalue weighted by atomic mass is 10.1. The summed E-state index contributed by atoms with van der Waals surface area (Å²) >= 11 is 0. The smallest absolute Gasteiger partial charge is 0.239 e. The first-order valence-electron chi connectivity index (χ1n) is 7.38. The number of amides is 1. The van der Waals surface area contributed by atoms with E-state index in [1.54, 1.807) is 0 Å². The van der Waals surface area contributed by atoms with Crippen molar-refractivity contribution >= 4 is 11.6 Å². The third-order valence-electron chi connectivity index (χ3n) is 4.38. The summed E-state index contributed by atoms with van der Waals surface area (Å²) in [6.07, 6.45) is 5.87. The molecule has 0 saturated heterocycles. The summed E-state index contributed by atoms with van der Waals surface area (Å²) < 4.78 is 0. The monoisotopic (exact) mass is 258 g/mol. The van der Waals surface area contributed by atoms with Crippen LogP contribution in [0.4, 0.5) is 5.69 Å². The quantitative estimate of drug-likeness (QED) is 0.903. The highest BCUT2D eigenvalue weighted by Gasteiger charge is 2.27. The van der Waals surface area contributed by atoms with E-state index in [2.05, 4.69) is 41.4 Å². The van der Waals surface area contributed by atoms with Crippen molar-refractivity contribution in [1.82, 2.24) is 5.32 Å². The van der Waals surface area contributed by atoms with Crippen molar-refractivity contribution < 1.29 is 4.79 Å². The van der Waals surface area contributed by atoms with Gasteiger partial charge in [-0.3, -0.25) is 4.79 Å². The fraction of sp³-hybridized carbons (Fsp3) is 0.562. The first kappa shape index (κ1) is 12.5. The Kier molecular flexibility index (Phi) is 3.45. The topological polar surface area (TPSA) is 32.3 Å². The van der Waals surface area contributed by atoms with Crippen LogP contribution in [0.15, 0.2) is 24.3 Å². The number of nitrogens with zero attached hydrogens (tertiary/aromatic N) is 1. The summed E-state index contributed by atoms with van der Waals surface area (Å²) in [5.41, 5.74) is 2.60. The van der Waals surface area contributed by atoms with Gasteiger partial charge < -0.3 is 10.2 Å². The van der Waals surface area contributed by atoms with Crippen LogP contribution in [0.1, 0.15) is 38.2 Å². The summed E-state index contributed by atoms with van der Waals surface area (Å²) in [4.78, 5) is 14.4. The van der Waals surface area contributed by atoms with Crippen LogP contribution in [0.5, 0.6) is 0 Å². The van der Waals surface area contributed by atoms with Gasteiger partial charge in [0, 0.05) is 17.8 Å². The molecule has 1 atom stereocenters. The van der Waals surface area contributed by atoms with Gasteiger partial charge in [-0.1, -0.05) is 31.0 Å². The molecule has 1 saturated carbocycles. The van der Waals surface area contributed by atoms with Gasteiger partial charge in [-0.15, -0.1) is 0 Å². The maximum atomic E-state index is 12.2. The van der Waals surface area contributed by atoms with Crippen LogP contribution in [0.3, 0.4) is 0 Å². The van der Waals surface area contributed by atoms with Gasteiger partial charge in [0.15, 0.2) is 0 Å². The molecule has 1 aliphatic carbocycles. The van der Waals surface area contributed by atoms with Gasteiger partial charge in [-0.05, 0) is 37.8 Å². The molecule has 0 aromatic heterocycles. The minimum atomic E-state index is 0.176. The zero-order chi connectivity index (χ0) is 13.2. The summed E-state index contributed by atoms with van der Waals surface area (Å²) in [5, 5.41) is 3.18. The molecule has 1 N–H and O–H groups in total. The van der Waals surface area contributed by atoms with Gasteiger partial charge >= 0.3 is 0 Å². The lowest BCUT2D eigenvalue weighted by Gasteiger charge is -2.25. The van der Waals surface area contributed by atoms with E-state index in [-0.39, 0.29) is 5.91 Å². The highest BCUT2D eigenvalue weighted by atomic mass is 16.2. The van der Waals surface area contributed by atoms with E-state index in [1.165, 1.54) is 24.1 Å². The number of benzene rings is 1. The number of nitrogens with one attached hydrogen (secondary N) is 1. The van der Waals surface area contributed by atoms with Crippen LogP contribution >= 0.6 is 0 Å². The van der Waals surface area contributed by atoms with Crippen LogP contribution in [-0.4, -0.2) is 24.5 Å². The maximum Gasteiger partial charge on any atom is 0.239 e. The number of hydrogen-bond donors (Lipinski definition) is 1. The molecule has 3 rings (SSSR count). The number of anilines is 1. The lowest BCUT2D eigenvalue weighted by molar-refractivity contribution is -0.120. The SMILES string of the molecule is CC1Cc2ccccc2N1CC(=O)NC1CCCC1. The van der Waals surface area contributed by atoms with E-state index in [9.17, 15) is 4.79 Å². The molecule has 1 heterocycles. The molecule has 0 spiro atoms. The Morgan fingerprint density at radius 2 is 2.05 bits per heavy atom. The molecule has 1 fully saturated rings. The van der Waals surface area contributed by atoms with Crippen molar-refractivity contribution in [2.75, 3.05) is 11.4 Å². The Hall–Kier alpha value is -1.51. The molecule has 1 aromatic rings. The molecule has 0 bridgehead atoms. The number of carbonyl (C=O) groups is 1. The minimum absolute atomic E-state index is 0.176. The summed E-state index contributed by atoms with van der Waals surface area (Å²) in [5.74, 6) is 0.176. The molecular weight excluding hydrogens is 236 g/mol. The van der Waals surface area contributed by atoms with Crippen LogP contribution in [0, 0.1) is 0 Å². The summed E-state index contributed by atoms with van der Waals surface area (Å²) in [6, 6.07) is 9.27. The van der Waals surface area contributed by atoms with Gasteiger partial charge in [0.05, 0.1) is 6.54 Å². The van der Waals surface area contributed by atoms with Crippen molar-refractivity contribution in [1.29, 1.82) is 0 Å². The van der Waals surface area contributed by atoms with Crippen LogP contribution < -0.4 is 10.2 Å². The summed E-state index contributed by atoms with van der Waals surface area (Å²) in [7, 11) is 0. The van der Waals surface area contributed by atoms with Crippen molar-refractivity contribution in [3.8, 4) is 0 Å². The normalized spacial score (nSPS) is 22.6. The molecule has 19 heavy (non-hydrogen) atoms. The standard InChI is InChI=1S/C16H22N2O/c1-12-10-13-6-2-5-9-15(13)18(12)11-16(19)17-14-7-3-4-8-14/h2,5-6,9,12,14H,3-4,7-8,10-11H2,1H3,(H,17,19). The molecule has 2 aliphatic rings. The van der Waals surface area contributed by atoms with E-state index in [4.69, 9.17) is 0 Å². The third kappa shape index (κ3) is 2.60. The number of hydrogen-bond acceptors (Lipinski definition) is 2. The Balaban J connectivity index is 1.64. The molecular formula is C16H22N2O. The van der Waals surface area contributed by atoms with Crippen molar-refractivity contribution in [3.63, 3.8) is 0 Å². The van der Waals surface area contributed by atoms with Gasteiger partial charge in [-0.25, -0.2) is 0 Å². The van der Waals surface area contributed by atoms with Gasteiger partial charge in [0.2, 0.25) is 5.91 Å². The Morgan fingerprint density at radius 1 is 1.32 bits per heavy atom. The van der Waals surface area contributed by atoms with E-state index in [1.807, 2.05) is 0 Å². The van der Waals surface area contributed by atoms with Gasteiger partial charge in [-0.2, -0.15) is 0 Å². The molecule has 3 nitrogen and oxygen atoms in total. The van der Waals surface area contributed by atoms with E-state index >= 15 is 0 Å². The molecule has 0 radical (unpaired) electrons. The highest BCUT2D eigenvalue weighted by molar-refractivity contribution is 5.82. The number of carbonyl (C=O) groups excluding carboxylic acids is 1. The average Bonchev–Trinajstić information content (AvgIpc) is 2.99. The van der Waals surface area contributed by atoms with Crippen LogP contribution in [-0.2, 0) is 11.2 Å². The van der Waals surface area contributed by atoms with Crippen molar-refractivity contribution in [2.45, 2.75) is 51.1 Å². The predicted molar refractivity (Wildman–Crippen MR) is 77.4 cm³/mol. The molecule has 1 aromatic carbocycles. The lowest BCUT2D eigenvalue weighted by Crippen LogP contribution is -2.43. The highest BCUT2D eigenvalue weighted by Crippen LogP contribution is 2.31. The van der Waals surface area contributed by atoms with E-state index in [0.29, 0.717) is 18.6 Å². The Labute approximate surface area is 115 Å².